The second kappa shape index (κ2) is 8.27. The van der Waals surface area contributed by atoms with Gasteiger partial charge in [0.05, 0.1) is 17.0 Å². The summed E-state index contributed by atoms with van der Waals surface area (Å²) >= 11 is 6.07. The molecule has 2 aromatic rings. The topological polar surface area (TPSA) is 101 Å². The van der Waals surface area contributed by atoms with Crippen LogP contribution in [-0.2, 0) is 31.1 Å². The van der Waals surface area contributed by atoms with E-state index in [2.05, 4.69) is 0 Å². The number of hydroxylamine groups is 1. The van der Waals surface area contributed by atoms with Gasteiger partial charge in [0.1, 0.15) is 4.90 Å². The molecule has 1 amide bonds. The average Bonchev–Trinajstić information content (AvgIpc) is 2.71. The van der Waals surface area contributed by atoms with Crippen molar-refractivity contribution in [1.29, 1.82) is 0 Å². The van der Waals surface area contributed by atoms with E-state index in [4.69, 9.17) is 16.4 Å². The third-order valence-corrected chi connectivity index (χ3v) is 8.17. The number of sulfonamides is 1. The predicted octanol–water partition coefficient (Wildman–Crippen LogP) is 2.52. The number of hydrogen-bond donors (Lipinski definition) is 0. The Morgan fingerprint density at radius 2 is 1.83 bits per heavy atom. The Balaban J connectivity index is 2.02. The summed E-state index contributed by atoms with van der Waals surface area (Å²) < 4.78 is 49.5. The zero-order valence-electron chi connectivity index (χ0n) is 16.6. The largest absolute Gasteiger partial charge is 0.308 e. The number of nitrogens with zero attached hydrogens (tertiary/aromatic N) is 2. The summed E-state index contributed by atoms with van der Waals surface area (Å²) in [7, 11) is -4.99. The van der Waals surface area contributed by atoms with E-state index in [0.717, 1.165) is 11.8 Å². The number of sulfone groups is 1. The van der Waals surface area contributed by atoms with Crippen molar-refractivity contribution in [3.63, 3.8) is 0 Å². The van der Waals surface area contributed by atoms with Crippen molar-refractivity contribution >= 4 is 43.1 Å². The summed E-state index contributed by atoms with van der Waals surface area (Å²) in [6.45, 7) is 0.423. The number of anilines is 1. The maximum absolute atomic E-state index is 13.2. The zero-order valence-corrected chi connectivity index (χ0v) is 19.0. The van der Waals surface area contributed by atoms with Crippen LogP contribution in [0.25, 0.3) is 0 Å². The first-order valence-electron chi connectivity index (χ1n) is 8.94. The van der Waals surface area contributed by atoms with E-state index in [1.54, 1.807) is 12.1 Å². The Labute approximate surface area is 180 Å². The molecular weight excluding hydrogens is 452 g/mol. The van der Waals surface area contributed by atoms with E-state index in [-0.39, 0.29) is 20.4 Å². The van der Waals surface area contributed by atoms with Gasteiger partial charge in [0.25, 0.3) is 15.9 Å². The van der Waals surface area contributed by atoms with Crippen molar-refractivity contribution in [2.75, 3.05) is 31.9 Å². The number of rotatable bonds is 5. The molecule has 3 rings (SSSR count). The van der Waals surface area contributed by atoms with Gasteiger partial charge in [-0.1, -0.05) is 16.1 Å². The van der Waals surface area contributed by atoms with Crippen LogP contribution >= 0.6 is 11.6 Å². The SMILES string of the molecule is CON(C)S(=O)(=O)c1cc(C(=O)N2CCCc3cc(S(C)(=O)=O)ccc32)ccc1Cl. The summed E-state index contributed by atoms with van der Waals surface area (Å²) in [5, 5.41) is -0.0349. The monoisotopic (exact) mass is 472 g/mol. The second-order valence-electron chi connectivity index (χ2n) is 6.87. The van der Waals surface area contributed by atoms with Gasteiger partial charge in [-0.15, -0.1) is 0 Å². The molecule has 0 fully saturated rings. The first-order chi connectivity index (χ1) is 14.0. The van der Waals surface area contributed by atoms with Crippen LogP contribution in [0.2, 0.25) is 5.02 Å². The Bertz CT molecular complexity index is 1210. The smallest absolute Gasteiger partial charge is 0.266 e. The van der Waals surface area contributed by atoms with Crippen LogP contribution < -0.4 is 4.90 Å². The molecule has 1 heterocycles. The quantitative estimate of drug-likeness (QED) is 0.620. The van der Waals surface area contributed by atoms with Crippen LogP contribution in [0.5, 0.6) is 0 Å². The van der Waals surface area contributed by atoms with Crippen LogP contribution in [0.1, 0.15) is 22.3 Å². The van der Waals surface area contributed by atoms with Crippen LogP contribution in [0.3, 0.4) is 0 Å². The molecule has 0 N–H and O–H groups in total. The number of aryl methyl sites for hydroxylation is 1. The minimum Gasteiger partial charge on any atom is -0.308 e. The second-order valence-corrected chi connectivity index (χ2v) is 11.2. The molecule has 0 aromatic heterocycles. The minimum absolute atomic E-state index is 0.0349. The number of carbonyl (C=O) groups excluding carboxylic acids is 1. The summed E-state index contributed by atoms with van der Waals surface area (Å²) in [6.07, 6.45) is 2.42. The first kappa shape index (κ1) is 22.7. The fraction of sp³-hybridized carbons (Fsp3) is 0.316. The van der Waals surface area contributed by atoms with Gasteiger partial charge < -0.3 is 4.90 Å². The Kier molecular flexibility index (Phi) is 6.26. The van der Waals surface area contributed by atoms with Gasteiger partial charge in [0, 0.05) is 31.1 Å². The molecule has 0 atom stereocenters. The van der Waals surface area contributed by atoms with Gasteiger partial charge in [-0.3, -0.25) is 9.63 Å². The number of amides is 1. The van der Waals surface area contributed by atoms with Crippen LogP contribution in [-0.4, -0.2) is 54.2 Å². The lowest BCUT2D eigenvalue weighted by Gasteiger charge is -2.30. The molecule has 0 radical (unpaired) electrons. The summed E-state index contributed by atoms with van der Waals surface area (Å²) in [5.41, 5.74) is 1.49. The number of fused-ring (bicyclic) bond motifs is 1. The molecular formula is C19H21ClN2O6S2. The van der Waals surface area contributed by atoms with E-state index in [9.17, 15) is 21.6 Å². The van der Waals surface area contributed by atoms with Crippen LogP contribution in [0, 0.1) is 0 Å². The third-order valence-electron chi connectivity index (χ3n) is 4.89. The van der Waals surface area contributed by atoms with Gasteiger partial charge in [-0.2, -0.15) is 0 Å². The van der Waals surface area contributed by atoms with E-state index >= 15 is 0 Å². The molecule has 0 unspecified atom stereocenters. The molecule has 1 aliphatic rings. The zero-order chi connectivity index (χ0) is 22.3. The molecule has 8 nitrogen and oxygen atoms in total. The molecule has 0 saturated carbocycles. The molecule has 0 aliphatic carbocycles. The minimum atomic E-state index is -4.05. The molecule has 30 heavy (non-hydrogen) atoms. The standard InChI is InChI=1S/C19H21ClN2O6S2/c1-21(28-2)30(26,27)18-12-14(6-8-16(18)20)19(23)22-10-4-5-13-11-15(29(3,24)25)7-9-17(13)22/h6-9,11-12H,4-5,10H2,1-3H3. The van der Waals surface area contributed by atoms with Crippen molar-refractivity contribution < 1.29 is 26.5 Å². The van der Waals surface area contributed by atoms with Crippen molar-refractivity contribution in [3.05, 3.63) is 52.5 Å². The van der Waals surface area contributed by atoms with Crippen molar-refractivity contribution in [2.45, 2.75) is 22.6 Å². The van der Waals surface area contributed by atoms with Crippen LogP contribution in [0.4, 0.5) is 5.69 Å². The van der Waals surface area contributed by atoms with Gasteiger partial charge in [0.15, 0.2) is 9.84 Å². The third kappa shape index (κ3) is 4.23. The molecule has 1 aliphatic heterocycles. The Morgan fingerprint density at radius 3 is 2.47 bits per heavy atom. The molecule has 2 aromatic carbocycles. The predicted molar refractivity (Wildman–Crippen MR) is 113 cm³/mol. The van der Waals surface area contributed by atoms with Gasteiger partial charge in [-0.05, 0) is 54.8 Å². The normalized spacial score (nSPS) is 14.6. The lowest BCUT2D eigenvalue weighted by atomic mass is 10.0. The molecule has 11 heteroatoms. The van der Waals surface area contributed by atoms with E-state index < -0.39 is 25.8 Å². The Morgan fingerprint density at radius 1 is 1.13 bits per heavy atom. The van der Waals surface area contributed by atoms with Crippen molar-refractivity contribution in [1.82, 2.24) is 4.47 Å². The average molecular weight is 473 g/mol. The lowest BCUT2D eigenvalue weighted by Crippen LogP contribution is -2.35. The number of carbonyl (C=O) groups is 1. The van der Waals surface area contributed by atoms with Crippen molar-refractivity contribution in [3.8, 4) is 0 Å². The molecule has 0 saturated heterocycles. The Hall–Kier alpha value is -1.98. The number of hydrogen-bond acceptors (Lipinski definition) is 6. The highest BCUT2D eigenvalue weighted by molar-refractivity contribution is 7.90. The highest BCUT2D eigenvalue weighted by atomic mass is 35.5. The van der Waals surface area contributed by atoms with Gasteiger partial charge >= 0.3 is 0 Å². The lowest BCUT2D eigenvalue weighted by molar-refractivity contribution is -0.0258. The number of benzene rings is 2. The van der Waals surface area contributed by atoms with E-state index in [1.807, 2.05) is 0 Å². The maximum Gasteiger partial charge on any atom is 0.266 e. The van der Waals surface area contributed by atoms with E-state index in [1.165, 1.54) is 43.3 Å². The summed E-state index contributed by atoms with van der Waals surface area (Å²) in [4.78, 5) is 19.4. The van der Waals surface area contributed by atoms with Crippen LogP contribution in [0.15, 0.2) is 46.2 Å². The summed E-state index contributed by atoms with van der Waals surface area (Å²) in [5.74, 6) is -0.406. The maximum atomic E-state index is 13.2. The highest BCUT2D eigenvalue weighted by Crippen LogP contribution is 2.32. The molecule has 0 bridgehead atoms. The molecule has 0 spiro atoms. The number of halogens is 1. The van der Waals surface area contributed by atoms with Gasteiger partial charge in [-0.25, -0.2) is 16.8 Å². The van der Waals surface area contributed by atoms with E-state index in [0.29, 0.717) is 29.5 Å². The fourth-order valence-corrected chi connectivity index (χ4v) is 5.39. The summed E-state index contributed by atoms with van der Waals surface area (Å²) in [6, 6.07) is 8.67. The first-order valence-corrected chi connectivity index (χ1v) is 12.6. The van der Waals surface area contributed by atoms with Crippen molar-refractivity contribution in [2.24, 2.45) is 0 Å². The molecule has 162 valence electrons. The fourth-order valence-electron chi connectivity index (χ4n) is 3.24. The van der Waals surface area contributed by atoms with Gasteiger partial charge in [0.2, 0.25) is 0 Å². The highest BCUT2D eigenvalue weighted by Gasteiger charge is 2.28.